The van der Waals surface area contributed by atoms with Crippen molar-refractivity contribution < 1.29 is 14.3 Å². The molecule has 0 radical (unpaired) electrons. The number of thiocarbonyl (C=S) groups is 1. The van der Waals surface area contributed by atoms with Crippen LogP contribution in [0.3, 0.4) is 0 Å². The molecular formula is C24H15BrCl3NO3S2. The fraction of sp³-hybridized carbons (Fsp3) is 0.0833. The number of halogens is 4. The highest BCUT2D eigenvalue weighted by molar-refractivity contribution is 9.10. The van der Waals surface area contributed by atoms with Crippen LogP contribution in [0, 0.1) is 0 Å². The number of anilines is 1. The molecule has 1 fully saturated rings. The molecule has 1 amide bonds. The highest BCUT2D eigenvalue weighted by Crippen LogP contribution is 2.40. The number of para-hydroxylation sites is 1. The summed E-state index contributed by atoms with van der Waals surface area (Å²) in [5.41, 5.74) is 2.03. The van der Waals surface area contributed by atoms with Gasteiger partial charge in [-0.2, -0.15) is 0 Å². The summed E-state index contributed by atoms with van der Waals surface area (Å²) in [6.07, 6.45) is 1.74. The summed E-state index contributed by atoms with van der Waals surface area (Å²) in [6, 6.07) is 15.9. The Bertz CT molecular complexity index is 1330. The van der Waals surface area contributed by atoms with Crippen LogP contribution in [0.25, 0.3) is 6.08 Å². The van der Waals surface area contributed by atoms with E-state index < -0.39 is 0 Å². The lowest BCUT2D eigenvalue weighted by Crippen LogP contribution is -2.27. The Hall–Kier alpha value is -1.74. The lowest BCUT2D eigenvalue weighted by molar-refractivity contribution is -0.113. The van der Waals surface area contributed by atoms with Gasteiger partial charge >= 0.3 is 0 Å². The van der Waals surface area contributed by atoms with Gasteiger partial charge in [0, 0.05) is 25.6 Å². The van der Waals surface area contributed by atoms with Crippen molar-refractivity contribution in [2.75, 3.05) is 12.0 Å². The number of rotatable bonds is 6. The molecule has 0 N–H and O–H groups in total. The first-order chi connectivity index (χ1) is 16.3. The number of hydrogen-bond donors (Lipinski definition) is 0. The van der Waals surface area contributed by atoms with Gasteiger partial charge in [-0.1, -0.05) is 77.0 Å². The fourth-order valence-corrected chi connectivity index (χ4v) is 5.38. The van der Waals surface area contributed by atoms with Crippen molar-refractivity contribution in [1.29, 1.82) is 0 Å². The van der Waals surface area contributed by atoms with Crippen LogP contribution in [0.1, 0.15) is 11.1 Å². The molecule has 0 atom stereocenters. The van der Waals surface area contributed by atoms with Gasteiger partial charge in [-0.05, 0) is 58.4 Å². The molecule has 1 aliphatic heterocycles. The van der Waals surface area contributed by atoms with E-state index in [0.717, 1.165) is 10.0 Å². The van der Waals surface area contributed by atoms with E-state index in [1.54, 1.807) is 55.7 Å². The van der Waals surface area contributed by atoms with Gasteiger partial charge in [-0.15, -0.1) is 0 Å². The topological polar surface area (TPSA) is 38.8 Å². The highest BCUT2D eigenvalue weighted by Gasteiger charge is 2.34. The summed E-state index contributed by atoms with van der Waals surface area (Å²) in [6.45, 7) is 0.190. The Kier molecular flexibility index (Phi) is 8.12. The summed E-state index contributed by atoms with van der Waals surface area (Å²) < 4.78 is 12.7. The van der Waals surface area contributed by atoms with Crippen LogP contribution in [-0.2, 0) is 11.4 Å². The van der Waals surface area contributed by atoms with Crippen LogP contribution >= 0.6 is 74.7 Å². The number of amides is 1. The van der Waals surface area contributed by atoms with Gasteiger partial charge in [-0.3, -0.25) is 9.69 Å². The molecule has 0 aliphatic carbocycles. The monoisotopic (exact) mass is 613 g/mol. The summed E-state index contributed by atoms with van der Waals surface area (Å²) >= 11 is 28.5. The normalized spacial score (nSPS) is 14.7. The predicted molar refractivity (Wildman–Crippen MR) is 149 cm³/mol. The van der Waals surface area contributed by atoms with Crippen LogP contribution in [0.15, 0.2) is 64.0 Å². The highest BCUT2D eigenvalue weighted by atomic mass is 79.9. The van der Waals surface area contributed by atoms with Crippen molar-refractivity contribution in [3.63, 3.8) is 0 Å². The van der Waals surface area contributed by atoms with Crippen LogP contribution in [0.2, 0.25) is 15.1 Å². The molecular weight excluding hydrogens is 601 g/mol. The van der Waals surface area contributed by atoms with E-state index in [1.165, 1.54) is 16.7 Å². The number of hydrogen-bond acceptors (Lipinski definition) is 5. The Morgan fingerprint density at radius 2 is 1.88 bits per heavy atom. The average molecular weight is 616 g/mol. The quantitative estimate of drug-likeness (QED) is 0.206. The molecule has 1 saturated heterocycles. The molecule has 3 aromatic carbocycles. The molecule has 174 valence electrons. The maximum atomic E-state index is 13.2. The van der Waals surface area contributed by atoms with Crippen molar-refractivity contribution in [1.82, 2.24) is 0 Å². The second-order valence-electron chi connectivity index (χ2n) is 7.02. The first-order valence-corrected chi connectivity index (χ1v) is 12.9. The standard InChI is InChI=1S/C24H15BrCl3NO3S2/c1-31-20-4-2-3-13(22(20)32-12-14-5-6-15(26)10-18(14)27)9-21-23(30)29(24(33)34-21)16-7-8-17(25)19(28)11-16/h2-11H,12H2,1H3/b21-9+. The molecule has 4 rings (SSSR count). The summed E-state index contributed by atoms with van der Waals surface area (Å²) in [4.78, 5) is 15.1. The number of carbonyl (C=O) groups excluding carboxylic acids is 1. The third-order valence-electron chi connectivity index (χ3n) is 4.86. The van der Waals surface area contributed by atoms with Gasteiger partial charge in [0.25, 0.3) is 5.91 Å². The molecule has 0 saturated carbocycles. The van der Waals surface area contributed by atoms with Crippen molar-refractivity contribution >= 4 is 96.7 Å². The largest absolute Gasteiger partial charge is 0.493 e. The van der Waals surface area contributed by atoms with Crippen molar-refractivity contribution in [3.8, 4) is 11.5 Å². The zero-order valence-electron chi connectivity index (χ0n) is 17.5. The molecule has 34 heavy (non-hydrogen) atoms. The minimum Gasteiger partial charge on any atom is -0.493 e. The summed E-state index contributed by atoms with van der Waals surface area (Å²) in [7, 11) is 1.55. The smallest absolute Gasteiger partial charge is 0.270 e. The lowest BCUT2D eigenvalue weighted by Gasteiger charge is -2.15. The van der Waals surface area contributed by atoms with Crippen LogP contribution in [0.5, 0.6) is 11.5 Å². The molecule has 10 heteroatoms. The van der Waals surface area contributed by atoms with Crippen molar-refractivity contribution in [3.05, 3.63) is 90.2 Å². The van der Waals surface area contributed by atoms with E-state index in [0.29, 0.717) is 47.0 Å². The van der Waals surface area contributed by atoms with E-state index in [-0.39, 0.29) is 12.5 Å². The fourth-order valence-electron chi connectivity index (χ4n) is 3.21. The van der Waals surface area contributed by atoms with Gasteiger partial charge in [0.15, 0.2) is 15.8 Å². The molecule has 0 unspecified atom stereocenters. The van der Waals surface area contributed by atoms with E-state index in [1.807, 2.05) is 12.1 Å². The third kappa shape index (κ3) is 5.40. The molecule has 0 bridgehead atoms. The average Bonchev–Trinajstić information content (AvgIpc) is 3.08. The number of methoxy groups -OCH3 is 1. The van der Waals surface area contributed by atoms with Crippen molar-refractivity contribution in [2.45, 2.75) is 6.61 Å². The SMILES string of the molecule is COc1cccc(/C=C2/SC(=S)N(c3ccc(Br)c(Cl)c3)C2=O)c1OCc1ccc(Cl)cc1Cl. The Morgan fingerprint density at radius 3 is 2.59 bits per heavy atom. The second kappa shape index (κ2) is 10.9. The predicted octanol–water partition coefficient (Wildman–Crippen LogP) is 8.40. The number of benzene rings is 3. The molecule has 4 nitrogen and oxygen atoms in total. The van der Waals surface area contributed by atoms with Gasteiger partial charge in [0.2, 0.25) is 0 Å². The van der Waals surface area contributed by atoms with E-state index >= 15 is 0 Å². The van der Waals surface area contributed by atoms with Crippen molar-refractivity contribution in [2.24, 2.45) is 0 Å². The Morgan fingerprint density at radius 1 is 1.09 bits per heavy atom. The molecule has 3 aromatic rings. The number of thioether (sulfide) groups is 1. The molecule has 0 aromatic heterocycles. The zero-order valence-corrected chi connectivity index (χ0v) is 23.0. The van der Waals surface area contributed by atoms with Gasteiger partial charge in [0.1, 0.15) is 6.61 Å². The third-order valence-corrected chi connectivity index (χ3v) is 7.98. The van der Waals surface area contributed by atoms with E-state index in [2.05, 4.69) is 15.9 Å². The number of ether oxygens (including phenoxy) is 2. The van der Waals surface area contributed by atoms with Gasteiger partial charge < -0.3 is 9.47 Å². The maximum absolute atomic E-state index is 13.2. The van der Waals surface area contributed by atoms with Crippen LogP contribution in [-0.4, -0.2) is 17.3 Å². The number of nitrogens with zero attached hydrogens (tertiary/aromatic N) is 1. The minimum atomic E-state index is -0.247. The van der Waals surface area contributed by atoms with Crippen LogP contribution in [0.4, 0.5) is 5.69 Å². The Balaban J connectivity index is 1.65. The first-order valence-electron chi connectivity index (χ1n) is 9.75. The second-order valence-corrected chi connectivity index (χ2v) is 10.8. The van der Waals surface area contributed by atoms with Gasteiger partial charge in [-0.25, -0.2) is 0 Å². The lowest BCUT2D eigenvalue weighted by atomic mass is 10.1. The minimum absolute atomic E-state index is 0.190. The van der Waals surface area contributed by atoms with Crippen LogP contribution < -0.4 is 14.4 Å². The maximum Gasteiger partial charge on any atom is 0.270 e. The zero-order chi connectivity index (χ0) is 24.4. The molecule has 1 aliphatic rings. The van der Waals surface area contributed by atoms with E-state index in [9.17, 15) is 4.79 Å². The molecule has 1 heterocycles. The summed E-state index contributed by atoms with van der Waals surface area (Å²) in [5, 5.41) is 1.53. The molecule has 0 spiro atoms. The summed E-state index contributed by atoms with van der Waals surface area (Å²) in [5.74, 6) is 0.755. The van der Waals surface area contributed by atoms with Gasteiger partial charge in [0.05, 0.1) is 22.7 Å². The number of carbonyl (C=O) groups is 1. The van der Waals surface area contributed by atoms with E-state index in [4.69, 9.17) is 56.5 Å². The first kappa shape index (κ1) is 25.4. The Labute approximate surface area is 229 Å².